The van der Waals surface area contributed by atoms with E-state index in [0.29, 0.717) is 6.61 Å². The summed E-state index contributed by atoms with van der Waals surface area (Å²) >= 11 is 0. The lowest BCUT2D eigenvalue weighted by Crippen LogP contribution is -2.45. The van der Waals surface area contributed by atoms with Crippen molar-refractivity contribution in [3.8, 4) is 0 Å². The van der Waals surface area contributed by atoms with Crippen LogP contribution < -0.4 is 5.32 Å². The minimum absolute atomic E-state index is 0.131. The highest BCUT2D eigenvalue weighted by Gasteiger charge is 2.18. The highest BCUT2D eigenvalue weighted by atomic mass is 16.6. The van der Waals surface area contributed by atoms with Crippen molar-refractivity contribution in [2.45, 2.75) is 33.0 Å². The summed E-state index contributed by atoms with van der Waals surface area (Å²) in [6, 6.07) is 0. The molecule has 0 saturated carbocycles. The predicted molar refractivity (Wildman–Crippen MR) is 51.9 cm³/mol. The van der Waals surface area contributed by atoms with E-state index in [0.717, 1.165) is 18.8 Å². The first kappa shape index (κ1) is 10.5. The molecule has 0 radical (unpaired) electrons. The summed E-state index contributed by atoms with van der Waals surface area (Å²) in [6.45, 7) is 8.16. The fourth-order valence-corrected chi connectivity index (χ4v) is 1.22. The smallest absolute Gasteiger partial charge is 0.144 e. The first-order chi connectivity index (χ1) is 6.18. The van der Waals surface area contributed by atoms with Gasteiger partial charge in [-0.2, -0.15) is 0 Å². The molecule has 4 heteroatoms. The second-order valence-corrected chi connectivity index (χ2v) is 3.56. The third-order valence-electron chi connectivity index (χ3n) is 1.74. The molecule has 1 N–H and O–H groups in total. The van der Waals surface area contributed by atoms with Gasteiger partial charge >= 0.3 is 0 Å². The van der Waals surface area contributed by atoms with Gasteiger partial charge < -0.3 is 14.9 Å². The lowest BCUT2D eigenvalue weighted by molar-refractivity contribution is -0.0679. The fraction of sp³-hybridized carbons (Fsp3) is 0.889. The van der Waals surface area contributed by atoms with E-state index in [1.807, 2.05) is 20.8 Å². The first-order valence-corrected chi connectivity index (χ1v) is 4.68. The van der Waals surface area contributed by atoms with Gasteiger partial charge in [-0.1, -0.05) is 5.16 Å². The Hall–Kier alpha value is -0.610. The van der Waals surface area contributed by atoms with Crippen LogP contribution in [0, 0.1) is 0 Å². The Balaban J connectivity index is 2.17. The Morgan fingerprint density at radius 1 is 1.54 bits per heavy atom. The Kier molecular flexibility index (Phi) is 4.18. The van der Waals surface area contributed by atoms with Crippen molar-refractivity contribution in [1.29, 1.82) is 0 Å². The van der Waals surface area contributed by atoms with Crippen molar-refractivity contribution in [3.05, 3.63) is 0 Å². The quantitative estimate of drug-likeness (QED) is 0.523. The minimum atomic E-state index is 0.131. The van der Waals surface area contributed by atoms with E-state index in [1.165, 1.54) is 0 Å². The van der Waals surface area contributed by atoms with E-state index in [4.69, 9.17) is 9.57 Å². The summed E-state index contributed by atoms with van der Waals surface area (Å²) in [6.07, 6.45) is 0.404. The molecular weight excluding hydrogens is 168 g/mol. The molecule has 1 fully saturated rings. The Morgan fingerprint density at radius 3 is 2.92 bits per heavy atom. The van der Waals surface area contributed by atoms with E-state index in [1.54, 1.807) is 0 Å². The molecular formula is C9H18N2O2. The Morgan fingerprint density at radius 2 is 2.31 bits per heavy atom. The molecule has 0 aromatic heterocycles. The summed E-state index contributed by atoms with van der Waals surface area (Å²) in [5, 5.41) is 7.12. The van der Waals surface area contributed by atoms with Crippen molar-refractivity contribution >= 4 is 5.71 Å². The van der Waals surface area contributed by atoms with Crippen molar-refractivity contribution in [3.63, 3.8) is 0 Å². The van der Waals surface area contributed by atoms with Gasteiger partial charge in [0.1, 0.15) is 12.7 Å². The number of ether oxygens (including phenoxy) is 1. The molecule has 1 heterocycles. The molecule has 0 bridgehead atoms. The molecule has 1 rings (SSSR count). The minimum Gasteiger partial charge on any atom is -0.393 e. The zero-order valence-electron chi connectivity index (χ0n) is 8.54. The van der Waals surface area contributed by atoms with Crippen LogP contribution in [0.25, 0.3) is 0 Å². The molecule has 76 valence electrons. The van der Waals surface area contributed by atoms with Crippen molar-refractivity contribution in [1.82, 2.24) is 5.32 Å². The Labute approximate surface area is 79.3 Å². The number of nitrogens with zero attached hydrogens (tertiary/aromatic N) is 1. The lowest BCUT2D eigenvalue weighted by atomic mass is 10.2. The fourth-order valence-electron chi connectivity index (χ4n) is 1.22. The van der Waals surface area contributed by atoms with Crippen LogP contribution in [-0.2, 0) is 9.57 Å². The van der Waals surface area contributed by atoms with Crippen LogP contribution in [0.4, 0.5) is 0 Å². The van der Waals surface area contributed by atoms with E-state index in [9.17, 15) is 0 Å². The van der Waals surface area contributed by atoms with Crippen molar-refractivity contribution in [2.75, 3.05) is 19.7 Å². The molecule has 0 unspecified atom stereocenters. The summed E-state index contributed by atoms with van der Waals surface area (Å²) in [5.41, 5.74) is 0.928. The summed E-state index contributed by atoms with van der Waals surface area (Å²) in [7, 11) is 0. The molecule has 0 spiro atoms. The third kappa shape index (κ3) is 4.24. The molecule has 0 aromatic rings. The molecule has 0 amide bonds. The maximum atomic E-state index is 5.61. The highest BCUT2D eigenvalue weighted by Crippen LogP contribution is 2.03. The second kappa shape index (κ2) is 5.19. The van der Waals surface area contributed by atoms with E-state index in [-0.39, 0.29) is 12.2 Å². The predicted octanol–water partition coefficient (Wildman–Crippen LogP) is 0.776. The average Bonchev–Trinajstić information content (AvgIpc) is 2.03. The monoisotopic (exact) mass is 186 g/mol. The molecule has 1 aliphatic rings. The van der Waals surface area contributed by atoms with Gasteiger partial charge in [-0.05, 0) is 20.8 Å². The zero-order valence-corrected chi connectivity index (χ0v) is 8.54. The topological polar surface area (TPSA) is 42.8 Å². The molecule has 4 nitrogen and oxygen atoms in total. The van der Waals surface area contributed by atoms with Crippen molar-refractivity contribution in [2.24, 2.45) is 5.16 Å². The molecule has 1 aliphatic heterocycles. The van der Waals surface area contributed by atoms with Gasteiger partial charge in [0.15, 0.2) is 0 Å². The molecule has 0 aromatic carbocycles. The van der Waals surface area contributed by atoms with Gasteiger partial charge in [-0.25, -0.2) is 0 Å². The summed E-state index contributed by atoms with van der Waals surface area (Å²) < 4.78 is 5.61. The van der Waals surface area contributed by atoms with Gasteiger partial charge in [0, 0.05) is 13.1 Å². The van der Waals surface area contributed by atoms with Gasteiger partial charge in [0.2, 0.25) is 0 Å². The van der Waals surface area contributed by atoms with E-state index < -0.39 is 0 Å². The highest BCUT2D eigenvalue weighted by molar-refractivity contribution is 5.78. The van der Waals surface area contributed by atoms with Crippen LogP contribution in [0.2, 0.25) is 0 Å². The van der Waals surface area contributed by atoms with Crippen LogP contribution >= 0.6 is 0 Å². The van der Waals surface area contributed by atoms with E-state index >= 15 is 0 Å². The van der Waals surface area contributed by atoms with Crippen molar-refractivity contribution < 1.29 is 9.57 Å². The summed E-state index contributed by atoms with van der Waals surface area (Å²) in [5.74, 6) is 0. The lowest BCUT2D eigenvalue weighted by Gasteiger charge is -2.27. The van der Waals surface area contributed by atoms with Crippen LogP contribution in [0.5, 0.6) is 0 Å². The van der Waals surface area contributed by atoms with Crippen LogP contribution in [0.1, 0.15) is 20.8 Å². The van der Waals surface area contributed by atoms with Gasteiger partial charge in [-0.15, -0.1) is 0 Å². The molecule has 2 atom stereocenters. The van der Waals surface area contributed by atoms with Gasteiger partial charge in [-0.3, -0.25) is 0 Å². The number of oxime groups is 1. The van der Waals surface area contributed by atoms with Gasteiger partial charge in [0.05, 0.1) is 11.8 Å². The number of morpholine rings is 1. The van der Waals surface area contributed by atoms with E-state index in [2.05, 4.69) is 10.5 Å². The van der Waals surface area contributed by atoms with Crippen LogP contribution in [0.15, 0.2) is 5.16 Å². The zero-order chi connectivity index (χ0) is 9.68. The number of rotatable bonds is 3. The SMILES string of the molecule is CC(C)=NOC[C@@H]1CNC[C@H](C)O1. The second-order valence-electron chi connectivity index (χ2n) is 3.56. The normalized spacial score (nSPS) is 28.2. The third-order valence-corrected chi connectivity index (χ3v) is 1.74. The number of hydrogen-bond acceptors (Lipinski definition) is 4. The Bertz CT molecular complexity index is 178. The van der Waals surface area contributed by atoms with Crippen LogP contribution in [-0.4, -0.2) is 37.6 Å². The summed E-state index contributed by atoms with van der Waals surface area (Å²) in [4.78, 5) is 5.11. The molecule has 13 heavy (non-hydrogen) atoms. The maximum Gasteiger partial charge on any atom is 0.144 e. The molecule has 0 aliphatic carbocycles. The molecule has 1 saturated heterocycles. The first-order valence-electron chi connectivity index (χ1n) is 4.68. The number of nitrogens with one attached hydrogen (secondary N) is 1. The standard InChI is InChI=1S/C9H18N2O2/c1-7(2)11-12-6-9-5-10-4-8(3)13-9/h8-10H,4-6H2,1-3H3/t8-,9-/m0/s1. The van der Waals surface area contributed by atoms with Gasteiger partial charge in [0.25, 0.3) is 0 Å². The largest absolute Gasteiger partial charge is 0.393 e. The number of hydrogen-bond donors (Lipinski definition) is 1. The average molecular weight is 186 g/mol. The van der Waals surface area contributed by atoms with Crippen LogP contribution in [0.3, 0.4) is 0 Å². The maximum absolute atomic E-state index is 5.61.